The van der Waals surface area contributed by atoms with Crippen LogP contribution in [0.2, 0.25) is 5.02 Å². The first-order chi connectivity index (χ1) is 11.9. The fraction of sp³-hybridized carbons (Fsp3) is 0. The summed E-state index contributed by atoms with van der Waals surface area (Å²) in [6.07, 6.45) is 2.52. The van der Waals surface area contributed by atoms with Gasteiger partial charge in [-0.05, 0) is 30.3 Å². The Bertz CT molecular complexity index is 983. The lowest BCUT2D eigenvalue weighted by Crippen LogP contribution is -2.13. The third kappa shape index (κ3) is 4.23. The number of halogens is 2. The summed E-state index contributed by atoms with van der Waals surface area (Å²) < 4.78 is 45.4. The predicted octanol–water partition coefficient (Wildman–Crippen LogP) is 3.86. The molecule has 0 spiro atoms. The first-order valence-corrected chi connectivity index (χ1v) is 8.83. The number of benzene rings is 2. The van der Waals surface area contributed by atoms with Gasteiger partial charge in [0.1, 0.15) is 11.6 Å². The first-order valence-electron chi connectivity index (χ1n) is 6.97. The molecule has 1 heterocycles. The van der Waals surface area contributed by atoms with E-state index in [2.05, 4.69) is 14.7 Å². The zero-order valence-electron chi connectivity index (χ0n) is 12.6. The molecule has 0 aliphatic heterocycles. The quantitative estimate of drug-likeness (QED) is 0.728. The molecule has 0 unspecified atom stereocenters. The normalized spacial score (nSPS) is 11.1. The number of sulfonamides is 1. The number of aromatic nitrogens is 2. The van der Waals surface area contributed by atoms with Crippen LogP contribution in [-0.2, 0) is 10.0 Å². The molecular weight excluding hydrogens is 369 g/mol. The van der Waals surface area contributed by atoms with Crippen molar-refractivity contribution in [3.63, 3.8) is 0 Å². The van der Waals surface area contributed by atoms with Crippen LogP contribution < -0.4 is 9.46 Å². The van der Waals surface area contributed by atoms with E-state index < -0.39 is 15.8 Å². The Labute approximate surface area is 148 Å². The fourth-order valence-corrected chi connectivity index (χ4v) is 3.17. The number of nitrogens with zero attached hydrogens (tertiary/aromatic N) is 2. The van der Waals surface area contributed by atoms with Crippen molar-refractivity contribution in [3.8, 4) is 11.8 Å². The van der Waals surface area contributed by atoms with Crippen molar-refractivity contribution in [1.82, 2.24) is 9.97 Å². The number of nitrogens with one attached hydrogen (secondary N) is 1. The second kappa shape index (κ2) is 7.04. The van der Waals surface area contributed by atoms with E-state index in [0.29, 0.717) is 5.75 Å². The number of hydrogen-bond acceptors (Lipinski definition) is 5. The molecule has 2 aromatic carbocycles. The van der Waals surface area contributed by atoms with Crippen molar-refractivity contribution in [3.05, 3.63) is 71.8 Å². The predicted molar refractivity (Wildman–Crippen MR) is 90.8 cm³/mol. The van der Waals surface area contributed by atoms with Gasteiger partial charge in [0.05, 0.1) is 28.0 Å². The summed E-state index contributed by atoms with van der Waals surface area (Å²) in [5, 5.41) is -0.286. The van der Waals surface area contributed by atoms with Crippen LogP contribution in [0.5, 0.6) is 11.8 Å². The van der Waals surface area contributed by atoms with E-state index in [1.165, 1.54) is 12.4 Å². The molecule has 3 aromatic rings. The zero-order valence-corrected chi connectivity index (χ0v) is 14.1. The largest absolute Gasteiger partial charge is 0.424 e. The lowest BCUT2D eigenvalue weighted by atomic mass is 10.3. The summed E-state index contributed by atoms with van der Waals surface area (Å²) in [7, 11) is -3.95. The van der Waals surface area contributed by atoms with Gasteiger partial charge in [-0.1, -0.05) is 29.8 Å². The number of anilines is 1. The number of rotatable bonds is 5. The SMILES string of the molecule is O=S(=O)(Nc1cnc(Oc2ccccc2)nc1)c1ccc(F)c(Cl)c1. The Kier molecular flexibility index (Phi) is 4.82. The maximum Gasteiger partial charge on any atom is 0.322 e. The highest BCUT2D eigenvalue weighted by Crippen LogP contribution is 2.22. The minimum atomic E-state index is -3.95. The van der Waals surface area contributed by atoms with E-state index in [1.807, 2.05) is 6.07 Å². The van der Waals surface area contributed by atoms with Crippen molar-refractivity contribution >= 4 is 27.3 Å². The highest BCUT2D eigenvalue weighted by atomic mass is 35.5. The first kappa shape index (κ1) is 17.1. The molecule has 0 bridgehead atoms. The van der Waals surface area contributed by atoms with Crippen LogP contribution in [0.25, 0.3) is 0 Å². The molecule has 0 saturated carbocycles. The van der Waals surface area contributed by atoms with Crippen LogP contribution in [0.1, 0.15) is 0 Å². The van der Waals surface area contributed by atoms with Crippen molar-refractivity contribution in [1.29, 1.82) is 0 Å². The summed E-state index contributed by atoms with van der Waals surface area (Å²) in [6.45, 7) is 0. The number of para-hydroxylation sites is 1. The van der Waals surface area contributed by atoms with Gasteiger partial charge in [0.15, 0.2) is 0 Å². The molecule has 0 saturated heterocycles. The summed E-state index contributed by atoms with van der Waals surface area (Å²) in [4.78, 5) is 7.70. The highest BCUT2D eigenvalue weighted by molar-refractivity contribution is 7.92. The van der Waals surface area contributed by atoms with Gasteiger partial charge in [0.25, 0.3) is 10.0 Å². The Morgan fingerprint density at radius 3 is 2.36 bits per heavy atom. The van der Waals surface area contributed by atoms with E-state index in [9.17, 15) is 12.8 Å². The lowest BCUT2D eigenvalue weighted by Gasteiger charge is -2.09. The van der Waals surface area contributed by atoms with Gasteiger partial charge in [-0.2, -0.15) is 0 Å². The van der Waals surface area contributed by atoms with Gasteiger partial charge in [-0.15, -0.1) is 0 Å². The minimum absolute atomic E-state index is 0.0685. The summed E-state index contributed by atoms with van der Waals surface area (Å²) >= 11 is 5.61. The maximum atomic E-state index is 13.2. The standard InChI is InChI=1S/C16H11ClFN3O3S/c17-14-8-13(6-7-15(14)18)25(22,23)21-11-9-19-16(20-10-11)24-12-4-2-1-3-5-12/h1-10,21H. The topological polar surface area (TPSA) is 81.2 Å². The number of hydrogen-bond donors (Lipinski definition) is 1. The molecule has 0 fully saturated rings. The average molecular weight is 380 g/mol. The molecule has 1 N–H and O–H groups in total. The van der Waals surface area contributed by atoms with Crippen LogP contribution in [0.15, 0.2) is 65.8 Å². The monoisotopic (exact) mass is 379 g/mol. The van der Waals surface area contributed by atoms with Crippen molar-refractivity contribution in [2.45, 2.75) is 4.90 Å². The molecule has 6 nitrogen and oxygen atoms in total. The molecule has 1 aromatic heterocycles. The minimum Gasteiger partial charge on any atom is -0.424 e. The van der Waals surface area contributed by atoms with E-state index in [1.54, 1.807) is 24.3 Å². The number of ether oxygens (including phenoxy) is 1. The molecular formula is C16H11ClFN3O3S. The van der Waals surface area contributed by atoms with Gasteiger partial charge < -0.3 is 4.74 Å². The molecule has 0 atom stereocenters. The van der Waals surface area contributed by atoms with E-state index in [-0.39, 0.29) is 21.6 Å². The lowest BCUT2D eigenvalue weighted by molar-refractivity contribution is 0.442. The molecule has 3 rings (SSSR count). The van der Waals surface area contributed by atoms with Crippen LogP contribution in [0.4, 0.5) is 10.1 Å². The van der Waals surface area contributed by atoms with Crippen molar-refractivity contribution in [2.24, 2.45) is 0 Å². The third-order valence-electron chi connectivity index (χ3n) is 3.03. The summed E-state index contributed by atoms with van der Waals surface area (Å²) in [6, 6.07) is 12.1. The second-order valence-corrected chi connectivity index (χ2v) is 6.94. The van der Waals surface area contributed by atoms with Gasteiger partial charge >= 0.3 is 6.01 Å². The van der Waals surface area contributed by atoms with Crippen LogP contribution in [-0.4, -0.2) is 18.4 Å². The van der Waals surface area contributed by atoms with Crippen LogP contribution >= 0.6 is 11.6 Å². The van der Waals surface area contributed by atoms with Crippen LogP contribution in [0, 0.1) is 5.82 Å². The molecule has 0 radical (unpaired) electrons. The van der Waals surface area contributed by atoms with Gasteiger partial charge in [0.2, 0.25) is 0 Å². The Balaban J connectivity index is 1.75. The van der Waals surface area contributed by atoms with E-state index >= 15 is 0 Å². The highest BCUT2D eigenvalue weighted by Gasteiger charge is 2.16. The fourth-order valence-electron chi connectivity index (χ4n) is 1.87. The van der Waals surface area contributed by atoms with Crippen molar-refractivity contribution in [2.75, 3.05) is 4.72 Å². The van der Waals surface area contributed by atoms with Crippen molar-refractivity contribution < 1.29 is 17.5 Å². The molecule has 25 heavy (non-hydrogen) atoms. The molecule has 0 amide bonds. The van der Waals surface area contributed by atoms with Gasteiger partial charge in [-0.3, -0.25) is 4.72 Å². The zero-order chi connectivity index (χ0) is 17.9. The Morgan fingerprint density at radius 2 is 1.72 bits per heavy atom. The second-order valence-electron chi connectivity index (χ2n) is 4.85. The van der Waals surface area contributed by atoms with Crippen LogP contribution in [0.3, 0.4) is 0 Å². The summed E-state index contributed by atoms with van der Waals surface area (Å²) in [5.74, 6) is -0.150. The smallest absolute Gasteiger partial charge is 0.322 e. The van der Waals surface area contributed by atoms with Gasteiger partial charge in [-0.25, -0.2) is 22.8 Å². The van der Waals surface area contributed by atoms with Gasteiger partial charge in [0, 0.05) is 0 Å². The Morgan fingerprint density at radius 1 is 1.04 bits per heavy atom. The molecule has 9 heteroatoms. The molecule has 0 aliphatic rings. The molecule has 128 valence electrons. The Hall–Kier alpha value is -2.71. The average Bonchev–Trinajstić information content (AvgIpc) is 2.60. The van der Waals surface area contributed by atoms with E-state index in [0.717, 1.165) is 18.2 Å². The molecule has 0 aliphatic carbocycles. The third-order valence-corrected chi connectivity index (χ3v) is 4.70. The maximum absolute atomic E-state index is 13.2. The summed E-state index contributed by atoms with van der Waals surface area (Å²) in [5.41, 5.74) is 0.126. The van der Waals surface area contributed by atoms with E-state index in [4.69, 9.17) is 16.3 Å².